The lowest BCUT2D eigenvalue weighted by Gasteiger charge is -2.16. The van der Waals surface area contributed by atoms with Gasteiger partial charge in [0.05, 0.1) is 0 Å². The van der Waals surface area contributed by atoms with Crippen LogP contribution in [0.3, 0.4) is 0 Å². The first kappa shape index (κ1) is 14.6. The van der Waals surface area contributed by atoms with Gasteiger partial charge in [-0.25, -0.2) is 0 Å². The van der Waals surface area contributed by atoms with Gasteiger partial charge in [-0.1, -0.05) is 48.5 Å². The van der Waals surface area contributed by atoms with E-state index in [1.807, 2.05) is 42.5 Å². The molecule has 0 aliphatic carbocycles. The molecule has 0 aliphatic rings. The van der Waals surface area contributed by atoms with Crippen LogP contribution in [0.2, 0.25) is 0 Å². The molecule has 0 spiro atoms. The van der Waals surface area contributed by atoms with Gasteiger partial charge < -0.3 is 16.2 Å². The predicted octanol–water partition coefficient (Wildman–Crippen LogP) is 3.00. The molecule has 0 fully saturated rings. The second kappa shape index (κ2) is 7.68. The van der Waals surface area contributed by atoms with E-state index in [2.05, 4.69) is 12.1 Å². The van der Waals surface area contributed by atoms with E-state index in [4.69, 9.17) is 16.2 Å². The maximum Gasteiger partial charge on any atom is 0.124 e. The SMILES string of the molecule is NCCC[C@H](N)c1ccccc1OCc1ccccc1. The van der Waals surface area contributed by atoms with Crippen LogP contribution in [-0.4, -0.2) is 6.54 Å². The van der Waals surface area contributed by atoms with Gasteiger partial charge in [0.1, 0.15) is 12.4 Å². The molecule has 0 saturated heterocycles. The van der Waals surface area contributed by atoms with Crippen LogP contribution >= 0.6 is 0 Å². The summed E-state index contributed by atoms with van der Waals surface area (Å²) in [5.41, 5.74) is 14.0. The van der Waals surface area contributed by atoms with Gasteiger partial charge >= 0.3 is 0 Å². The molecule has 2 rings (SSSR count). The number of hydrogen-bond acceptors (Lipinski definition) is 3. The Morgan fingerprint density at radius 1 is 0.950 bits per heavy atom. The number of rotatable bonds is 7. The van der Waals surface area contributed by atoms with Crippen molar-refractivity contribution in [2.24, 2.45) is 11.5 Å². The predicted molar refractivity (Wildman–Crippen MR) is 82.4 cm³/mol. The van der Waals surface area contributed by atoms with Crippen molar-refractivity contribution in [1.29, 1.82) is 0 Å². The average molecular weight is 270 g/mol. The fraction of sp³-hybridized carbons (Fsp3) is 0.294. The summed E-state index contributed by atoms with van der Waals surface area (Å²) in [4.78, 5) is 0. The standard InChI is InChI=1S/C17H22N2O/c18-12-6-10-16(19)15-9-4-5-11-17(15)20-13-14-7-2-1-3-8-14/h1-5,7-9,11,16H,6,10,12-13,18-19H2/t16-/m0/s1. The zero-order valence-electron chi connectivity index (χ0n) is 11.7. The molecule has 4 N–H and O–H groups in total. The van der Waals surface area contributed by atoms with Crippen LogP contribution in [0.25, 0.3) is 0 Å². The van der Waals surface area contributed by atoms with Crippen LogP contribution < -0.4 is 16.2 Å². The molecule has 20 heavy (non-hydrogen) atoms. The quantitative estimate of drug-likeness (QED) is 0.813. The summed E-state index contributed by atoms with van der Waals surface area (Å²) in [5, 5.41) is 0. The summed E-state index contributed by atoms with van der Waals surface area (Å²) in [5.74, 6) is 0.862. The van der Waals surface area contributed by atoms with Gasteiger partial charge in [-0.2, -0.15) is 0 Å². The van der Waals surface area contributed by atoms with Gasteiger partial charge in [-0.15, -0.1) is 0 Å². The van der Waals surface area contributed by atoms with Crippen LogP contribution in [0, 0.1) is 0 Å². The highest BCUT2D eigenvalue weighted by molar-refractivity contribution is 5.36. The minimum absolute atomic E-state index is 0.0227. The third-order valence-electron chi connectivity index (χ3n) is 3.27. The summed E-state index contributed by atoms with van der Waals surface area (Å²) in [6, 6.07) is 18.1. The van der Waals surface area contributed by atoms with Crippen molar-refractivity contribution in [3.8, 4) is 5.75 Å². The topological polar surface area (TPSA) is 61.3 Å². The number of hydrogen-bond donors (Lipinski definition) is 2. The molecular formula is C17H22N2O. The lowest BCUT2D eigenvalue weighted by Crippen LogP contribution is -2.14. The summed E-state index contributed by atoms with van der Waals surface area (Å²) in [6.45, 7) is 1.22. The average Bonchev–Trinajstić information content (AvgIpc) is 2.52. The number of nitrogens with two attached hydrogens (primary N) is 2. The lowest BCUT2D eigenvalue weighted by atomic mass is 10.0. The summed E-state index contributed by atoms with van der Waals surface area (Å²) in [6.07, 6.45) is 1.80. The molecule has 1 atom stereocenters. The fourth-order valence-electron chi connectivity index (χ4n) is 2.15. The van der Waals surface area contributed by atoms with Gasteiger partial charge in [-0.3, -0.25) is 0 Å². The molecule has 0 saturated carbocycles. The third kappa shape index (κ3) is 4.08. The number of para-hydroxylation sites is 1. The van der Waals surface area contributed by atoms with E-state index < -0.39 is 0 Å². The molecule has 106 valence electrons. The van der Waals surface area contributed by atoms with E-state index in [0.717, 1.165) is 29.7 Å². The van der Waals surface area contributed by atoms with E-state index in [1.165, 1.54) is 0 Å². The molecule has 0 amide bonds. The molecule has 2 aromatic carbocycles. The maximum absolute atomic E-state index is 6.22. The van der Waals surface area contributed by atoms with Gasteiger partial charge in [0.2, 0.25) is 0 Å². The highest BCUT2D eigenvalue weighted by Crippen LogP contribution is 2.26. The Kier molecular flexibility index (Phi) is 5.59. The van der Waals surface area contributed by atoms with Crippen molar-refractivity contribution >= 4 is 0 Å². The first-order valence-electron chi connectivity index (χ1n) is 7.02. The van der Waals surface area contributed by atoms with Crippen LogP contribution in [0.4, 0.5) is 0 Å². The monoisotopic (exact) mass is 270 g/mol. The number of ether oxygens (including phenoxy) is 1. The van der Waals surface area contributed by atoms with Gasteiger partial charge in [0.15, 0.2) is 0 Å². The van der Waals surface area contributed by atoms with Crippen molar-refractivity contribution in [3.05, 3.63) is 65.7 Å². The molecule has 3 heteroatoms. The molecule has 0 bridgehead atoms. The lowest BCUT2D eigenvalue weighted by molar-refractivity contribution is 0.300. The summed E-state index contributed by atoms with van der Waals surface area (Å²) in [7, 11) is 0. The Morgan fingerprint density at radius 2 is 1.65 bits per heavy atom. The normalized spacial score (nSPS) is 12.1. The highest BCUT2D eigenvalue weighted by atomic mass is 16.5. The molecule has 3 nitrogen and oxygen atoms in total. The molecule has 0 aromatic heterocycles. The van der Waals surface area contributed by atoms with Crippen LogP contribution in [0.1, 0.15) is 30.0 Å². The van der Waals surface area contributed by atoms with Crippen LogP contribution in [0.5, 0.6) is 5.75 Å². The van der Waals surface area contributed by atoms with E-state index in [-0.39, 0.29) is 6.04 Å². The third-order valence-corrected chi connectivity index (χ3v) is 3.27. The molecule has 0 heterocycles. The van der Waals surface area contributed by atoms with Crippen LogP contribution in [0.15, 0.2) is 54.6 Å². The molecule has 2 aromatic rings. The largest absolute Gasteiger partial charge is 0.489 e. The smallest absolute Gasteiger partial charge is 0.124 e. The van der Waals surface area contributed by atoms with E-state index in [1.54, 1.807) is 0 Å². The van der Waals surface area contributed by atoms with Crippen molar-refractivity contribution in [2.75, 3.05) is 6.54 Å². The minimum Gasteiger partial charge on any atom is -0.489 e. The summed E-state index contributed by atoms with van der Waals surface area (Å²) < 4.78 is 5.91. The Bertz CT molecular complexity index is 513. The first-order chi connectivity index (χ1) is 9.81. The van der Waals surface area contributed by atoms with Gasteiger partial charge in [-0.05, 0) is 31.0 Å². The molecule has 0 aliphatic heterocycles. The van der Waals surface area contributed by atoms with Gasteiger partial charge in [0.25, 0.3) is 0 Å². The zero-order valence-corrected chi connectivity index (χ0v) is 11.7. The Balaban J connectivity index is 2.04. The summed E-state index contributed by atoms with van der Waals surface area (Å²) >= 11 is 0. The van der Waals surface area contributed by atoms with Crippen molar-refractivity contribution in [3.63, 3.8) is 0 Å². The first-order valence-corrected chi connectivity index (χ1v) is 7.02. The fourth-order valence-corrected chi connectivity index (χ4v) is 2.15. The Labute approximate surface area is 120 Å². The van der Waals surface area contributed by atoms with Crippen molar-refractivity contribution in [2.45, 2.75) is 25.5 Å². The minimum atomic E-state index is -0.0227. The second-order valence-corrected chi connectivity index (χ2v) is 4.85. The van der Waals surface area contributed by atoms with E-state index in [9.17, 15) is 0 Å². The second-order valence-electron chi connectivity index (χ2n) is 4.85. The van der Waals surface area contributed by atoms with Crippen molar-refractivity contribution in [1.82, 2.24) is 0 Å². The Hall–Kier alpha value is -1.84. The molecular weight excluding hydrogens is 248 g/mol. The van der Waals surface area contributed by atoms with Crippen LogP contribution in [-0.2, 0) is 6.61 Å². The number of benzene rings is 2. The Morgan fingerprint density at radius 3 is 2.40 bits per heavy atom. The zero-order chi connectivity index (χ0) is 14.2. The molecule has 0 unspecified atom stereocenters. The molecule has 0 radical (unpaired) electrons. The van der Waals surface area contributed by atoms with Crippen molar-refractivity contribution < 1.29 is 4.74 Å². The van der Waals surface area contributed by atoms with E-state index >= 15 is 0 Å². The maximum atomic E-state index is 6.22. The van der Waals surface area contributed by atoms with E-state index in [0.29, 0.717) is 13.2 Å². The van der Waals surface area contributed by atoms with Gasteiger partial charge in [0, 0.05) is 11.6 Å². The highest BCUT2D eigenvalue weighted by Gasteiger charge is 2.11.